The first-order valence-electron chi connectivity index (χ1n) is 28.0. The van der Waals surface area contributed by atoms with Gasteiger partial charge < -0.3 is 20.1 Å². The summed E-state index contributed by atoms with van der Waals surface area (Å²) in [4.78, 5) is 35.1. The summed E-state index contributed by atoms with van der Waals surface area (Å²) in [5.41, 5.74) is 5.37. The molecule has 0 rings (SSSR count). The van der Waals surface area contributed by atoms with Crippen molar-refractivity contribution in [1.29, 1.82) is 0 Å². The quantitative estimate of drug-likeness (QED) is 0.0264. The Balaban J connectivity index is 3.93. The van der Waals surface area contributed by atoms with Crippen LogP contribution in [0.4, 0.5) is 0 Å². The van der Waals surface area contributed by atoms with Crippen LogP contribution < -0.4 is 5.73 Å². The summed E-state index contributed by atoms with van der Waals surface area (Å²) in [6, 6.07) is 0. The second-order valence-corrected chi connectivity index (χ2v) is 20.3. The minimum Gasteiger partial charge on any atom is -0.462 e. The second-order valence-electron chi connectivity index (χ2n) is 18.8. The van der Waals surface area contributed by atoms with E-state index in [9.17, 15) is 19.0 Å². The Morgan fingerprint density at radius 1 is 0.455 bits per heavy atom. The summed E-state index contributed by atoms with van der Waals surface area (Å²) in [6.07, 6.45) is 61.9. The summed E-state index contributed by atoms with van der Waals surface area (Å²) >= 11 is 0. The van der Waals surface area contributed by atoms with Crippen LogP contribution in [0.2, 0.25) is 0 Å². The first-order chi connectivity index (χ1) is 32.3. The molecule has 0 aromatic heterocycles. The molecule has 0 radical (unpaired) electrons. The molecule has 0 amide bonds. The maximum absolute atomic E-state index is 12.7. The van der Waals surface area contributed by atoms with Crippen LogP contribution in [0.3, 0.4) is 0 Å². The Labute approximate surface area is 407 Å². The van der Waals surface area contributed by atoms with Crippen molar-refractivity contribution < 1.29 is 37.6 Å². The molecule has 9 nitrogen and oxygen atoms in total. The first kappa shape index (κ1) is 64.2. The molecule has 0 heterocycles. The lowest BCUT2D eigenvalue weighted by Gasteiger charge is -2.19. The topological polar surface area (TPSA) is 134 Å². The van der Waals surface area contributed by atoms with Gasteiger partial charge in [-0.3, -0.25) is 18.6 Å². The van der Waals surface area contributed by atoms with Gasteiger partial charge in [0.1, 0.15) is 6.61 Å². The van der Waals surface area contributed by atoms with E-state index in [1.807, 2.05) is 0 Å². The molecule has 0 aliphatic carbocycles. The third-order valence-corrected chi connectivity index (χ3v) is 13.3. The number of nitrogens with two attached hydrogens (primary N) is 1. The molecule has 2 atom stereocenters. The van der Waals surface area contributed by atoms with Crippen LogP contribution in [0.1, 0.15) is 277 Å². The standard InChI is InChI=1S/C56H106NO8P/c1-3-5-7-9-11-13-15-17-19-21-22-23-24-25-26-27-28-29-30-31-32-33-35-37-39-41-43-45-47-49-56(59)65-54(53-64-66(60,61)63-51-50-57)52-62-55(58)48-46-44-42-40-38-36-34-20-18-16-14-12-10-8-6-4-2/h15,17,21-22,24-25,54H,3-14,16,18-20,23,26-53,57H2,1-2H3,(H,60,61)/b17-15-,22-21-,25-24-. The first-order valence-corrected chi connectivity index (χ1v) is 29.5. The third kappa shape index (κ3) is 51.6. The molecule has 2 unspecified atom stereocenters. The maximum Gasteiger partial charge on any atom is 0.472 e. The number of unbranched alkanes of at least 4 members (excludes halogenated alkanes) is 34. The van der Waals surface area contributed by atoms with Crippen LogP contribution in [0.25, 0.3) is 0 Å². The molecule has 0 fully saturated rings. The van der Waals surface area contributed by atoms with Crippen LogP contribution in [-0.2, 0) is 32.7 Å². The van der Waals surface area contributed by atoms with Crippen molar-refractivity contribution in [2.24, 2.45) is 5.73 Å². The zero-order valence-corrected chi connectivity index (χ0v) is 44.1. The van der Waals surface area contributed by atoms with Crippen LogP contribution in [0, 0.1) is 0 Å². The van der Waals surface area contributed by atoms with Crippen LogP contribution in [0.5, 0.6) is 0 Å². The van der Waals surface area contributed by atoms with Gasteiger partial charge in [-0.05, 0) is 51.4 Å². The minimum absolute atomic E-state index is 0.0550. The Hall–Kier alpha value is -1.77. The van der Waals surface area contributed by atoms with E-state index in [2.05, 4.69) is 50.3 Å². The SMILES string of the molecule is CCCCCCC/C=C\C/C=C\C/C=C\CCCCCCCCCCCCCCCCC(=O)OC(COC(=O)CCCCCCCCCCCCCCCCCC)COP(=O)(O)OCCN. The van der Waals surface area contributed by atoms with E-state index in [1.54, 1.807) is 0 Å². The van der Waals surface area contributed by atoms with E-state index >= 15 is 0 Å². The van der Waals surface area contributed by atoms with E-state index in [4.69, 9.17) is 24.3 Å². The molecule has 0 saturated carbocycles. The smallest absolute Gasteiger partial charge is 0.462 e. The van der Waals surface area contributed by atoms with Crippen molar-refractivity contribution in [2.75, 3.05) is 26.4 Å². The highest BCUT2D eigenvalue weighted by Crippen LogP contribution is 2.43. The zero-order valence-electron chi connectivity index (χ0n) is 43.2. The lowest BCUT2D eigenvalue weighted by Crippen LogP contribution is -2.29. The van der Waals surface area contributed by atoms with Crippen molar-refractivity contribution in [3.05, 3.63) is 36.5 Å². The Morgan fingerprint density at radius 2 is 0.788 bits per heavy atom. The molecule has 0 bridgehead atoms. The fraction of sp³-hybridized carbons (Fsp3) is 0.857. The number of carbonyl (C=O) groups is 2. The predicted molar refractivity (Wildman–Crippen MR) is 280 cm³/mol. The fourth-order valence-electron chi connectivity index (χ4n) is 8.12. The zero-order chi connectivity index (χ0) is 48.1. The van der Waals surface area contributed by atoms with Crippen LogP contribution in [-0.4, -0.2) is 49.3 Å². The number of allylic oxidation sites excluding steroid dienone is 6. The fourth-order valence-corrected chi connectivity index (χ4v) is 8.88. The van der Waals surface area contributed by atoms with Gasteiger partial charge in [-0.2, -0.15) is 0 Å². The number of esters is 2. The lowest BCUT2D eigenvalue weighted by atomic mass is 10.0. The van der Waals surface area contributed by atoms with Crippen molar-refractivity contribution in [3.8, 4) is 0 Å². The minimum atomic E-state index is -4.38. The van der Waals surface area contributed by atoms with Crippen molar-refractivity contribution in [2.45, 2.75) is 283 Å². The number of hydrogen-bond donors (Lipinski definition) is 2. The van der Waals surface area contributed by atoms with Gasteiger partial charge in [0, 0.05) is 19.4 Å². The summed E-state index contributed by atoms with van der Waals surface area (Å²) in [7, 11) is -4.38. The van der Waals surface area contributed by atoms with Gasteiger partial charge in [0.15, 0.2) is 6.10 Å². The number of carbonyl (C=O) groups excluding carboxylic acids is 2. The van der Waals surface area contributed by atoms with Gasteiger partial charge in [-0.1, -0.05) is 249 Å². The highest BCUT2D eigenvalue weighted by molar-refractivity contribution is 7.47. The molecule has 0 aliphatic heterocycles. The Morgan fingerprint density at radius 3 is 1.17 bits per heavy atom. The highest BCUT2D eigenvalue weighted by atomic mass is 31.2. The van der Waals surface area contributed by atoms with E-state index in [0.717, 1.165) is 51.4 Å². The van der Waals surface area contributed by atoms with Crippen LogP contribution >= 0.6 is 7.82 Å². The van der Waals surface area contributed by atoms with Gasteiger partial charge in [-0.25, -0.2) is 4.57 Å². The number of hydrogen-bond acceptors (Lipinski definition) is 8. The predicted octanol–water partition coefficient (Wildman–Crippen LogP) is 17.2. The molecule has 0 spiro atoms. The molecular formula is C56H106NO8P. The van der Waals surface area contributed by atoms with Gasteiger partial charge in [0.25, 0.3) is 0 Å². The molecule has 0 aromatic carbocycles. The number of ether oxygens (including phenoxy) is 2. The monoisotopic (exact) mass is 952 g/mol. The normalized spacial score (nSPS) is 13.3. The molecule has 3 N–H and O–H groups in total. The average Bonchev–Trinajstić information content (AvgIpc) is 3.31. The van der Waals surface area contributed by atoms with Gasteiger partial charge in [0.2, 0.25) is 0 Å². The largest absolute Gasteiger partial charge is 0.472 e. The number of rotatable bonds is 53. The van der Waals surface area contributed by atoms with Crippen LogP contribution in [0.15, 0.2) is 36.5 Å². The van der Waals surface area contributed by atoms with Gasteiger partial charge >= 0.3 is 19.8 Å². The summed E-state index contributed by atoms with van der Waals surface area (Å²) in [6.45, 7) is 3.77. The molecule has 0 aliphatic rings. The molecule has 0 saturated heterocycles. The molecule has 0 aromatic rings. The summed E-state index contributed by atoms with van der Waals surface area (Å²) < 4.78 is 33.0. The van der Waals surface area contributed by atoms with Crippen molar-refractivity contribution in [1.82, 2.24) is 0 Å². The Bertz CT molecular complexity index is 1180. The lowest BCUT2D eigenvalue weighted by molar-refractivity contribution is -0.161. The van der Waals surface area contributed by atoms with Crippen molar-refractivity contribution >= 4 is 19.8 Å². The molecule has 388 valence electrons. The molecule has 66 heavy (non-hydrogen) atoms. The van der Waals surface area contributed by atoms with Gasteiger partial charge in [0.05, 0.1) is 13.2 Å². The van der Waals surface area contributed by atoms with E-state index < -0.39 is 26.5 Å². The summed E-state index contributed by atoms with van der Waals surface area (Å²) in [5.74, 6) is -0.815. The number of phosphoric acid groups is 1. The summed E-state index contributed by atoms with van der Waals surface area (Å²) in [5, 5.41) is 0. The highest BCUT2D eigenvalue weighted by Gasteiger charge is 2.26. The maximum atomic E-state index is 12.7. The third-order valence-electron chi connectivity index (χ3n) is 12.3. The second kappa shape index (κ2) is 52.6. The van der Waals surface area contributed by atoms with E-state index in [1.165, 1.54) is 193 Å². The molecule has 10 heteroatoms. The molecular weight excluding hydrogens is 846 g/mol. The number of phosphoric ester groups is 1. The van der Waals surface area contributed by atoms with Crippen molar-refractivity contribution in [3.63, 3.8) is 0 Å². The van der Waals surface area contributed by atoms with E-state index in [0.29, 0.717) is 6.42 Å². The average molecular weight is 952 g/mol. The van der Waals surface area contributed by atoms with Gasteiger partial charge in [-0.15, -0.1) is 0 Å². The van der Waals surface area contributed by atoms with E-state index in [-0.39, 0.29) is 38.6 Å². The Kier molecular flexibility index (Phi) is 51.2.